The predicted octanol–water partition coefficient (Wildman–Crippen LogP) is 3.11. The van der Waals surface area contributed by atoms with Gasteiger partial charge in [0.05, 0.1) is 17.8 Å². The molecule has 0 fully saturated rings. The molecule has 1 atom stereocenters. The van der Waals surface area contributed by atoms with Gasteiger partial charge in [-0.1, -0.05) is 44.2 Å². The van der Waals surface area contributed by atoms with Gasteiger partial charge in [0.2, 0.25) is 0 Å². The lowest BCUT2D eigenvalue weighted by Crippen LogP contribution is -2.34. The number of carbonyl (C=O) groups is 2. The average Bonchev–Trinajstić information content (AvgIpc) is 2.96. The number of nitrogens with one attached hydrogen (secondary N) is 1. The summed E-state index contributed by atoms with van der Waals surface area (Å²) in [5, 5.41) is 16.3. The molecule has 0 radical (unpaired) electrons. The molecule has 1 heterocycles. The van der Waals surface area contributed by atoms with E-state index in [4.69, 9.17) is 0 Å². The highest BCUT2D eigenvalue weighted by atomic mass is 16.4. The van der Waals surface area contributed by atoms with Crippen LogP contribution in [0.4, 0.5) is 0 Å². The van der Waals surface area contributed by atoms with E-state index < -0.39 is 17.9 Å². The van der Waals surface area contributed by atoms with Crippen molar-refractivity contribution in [2.75, 3.05) is 0 Å². The van der Waals surface area contributed by atoms with Crippen molar-refractivity contribution in [3.8, 4) is 0 Å². The Balaban J connectivity index is 2.24. The molecule has 0 aliphatic rings. The van der Waals surface area contributed by atoms with Gasteiger partial charge in [-0.05, 0) is 25.3 Å². The number of benzene rings is 1. The third-order valence-corrected chi connectivity index (χ3v) is 4.23. The fourth-order valence-corrected chi connectivity index (χ4v) is 2.79. The van der Waals surface area contributed by atoms with Crippen LogP contribution in [0, 0.1) is 6.92 Å². The molecule has 2 N–H and O–H groups in total. The number of rotatable bonds is 7. The van der Waals surface area contributed by atoms with E-state index in [1.807, 2.05) is 11.6 Å². The standard InChI is InChI=1S/C18H23N3O3/c1-4-14(5-2)21-12(3)15(11-19-21)17(22)20-16(18(23)24)13-9-7-6-8-10-13/h6-11,14,16H,4-5H2,1-3H3,(H,20,22)(H,23,24)/t16-/m1/s1. The molecule has 2 rings (SSSR count). The molecule has 0 aliphatic heterocycles. The van der Waals surface area contributed by atoms with E-state index in [-0.39, 0.29) is 6.04 Å². The summed E-state index contributed by atoms with van der Waals surface area (Å²) in [6, 6.07) is 7.79. The quantitative estimate of drug-likeness (QED) is 0.817. The first-order valence-corrected chi connectivity index (χ1v) is 8.12. The van der Waals surface area contributed by atoms with Crippen LogP contribution in [0.2, 0.25) is 0 Å². The summed E-state index contributed by atoms with van der Waals surface area (Å²) < 4.78 is 1.84. The van der Waals surface area contributed by atoms with Gasteiger partial charge in [-0.15, -0.1) is 0 Å². The molecular weight excluding hydrogens is 306 g/mol. The van der Waals surface area contributed by atoms with Crippen molar-refractivity contribution in [3.05, 3.63) is 53.3 Å². The van der Waals surface area contributed by atoms with Crippen molar-refractivity contribution in [2.45, 2.75) is 45.7 Å². The molecule has 2 aromatic rings. The number of aromatic nitrogens is 2. The Morgan fingerprint density at radius 2 is 1.83 bits per heavy atom. The van der Waals surface area contributed by atoms with Gasteiger partial charge >= 0.3 is 5.97 Å². The number of hydrogen-bond donors (Lipinski definition) is 2. The number of amides is 1. The maximum atomic E-state index is 12.5. The lowest BCUT2D eigenvalue weighted by atomic mass is 10.1. The maximum absolute atomic E-state index is 12.5. The Labute approximate surface area is 141 Å². The highest BCUT2D eigenvalue weighted by Crippen LogP contribution is 2.20. The summed E-state index contributed by atoms with van der Waals surface area (Å²) in [5.41, 5.74) is 1.69. The first kappa shape index (κ1) is 17.7. The number of carbonyl (C=O) groups excluding carboxylic acids is 1. The molecule has 6 heteroatoms. The fourth-order valence-electron chi connectivity index (χ4n) is 2.79. The molecule has 6 nitrogen and oxygen atoms in total. The van der Waals surface area contributed by atoms with Crippen LogP contribution in [0.15, 0.2) is 36.5 Å². The van der Waals surface area contributed by atoms with Crippen LogP contribution in [0.3, 0.4) is 0 Å². The zero-order valence-electron chi connectivity index (χ0n) is 14.2. The highest BCUT2D eigenvalue weighted by molar-refractivity contribution is 5.97. The minimum atomic E-state index is -1.10. The largest absolute Gasteiger partial charge is 0.479 e. The van der Waals surface area contributed by atoms with E-state index in [1.165, 1.54) is 6.20 Å². The topological polar surface area (TPSA) is 84.2 Å². The summed E-state index contributed by atoms with van der Waals surface area (Å²) in [6.45, 7) is 5.98. The Morgan fingerprint density at radius 1 is 1.21 bits per heavy atom. The van der Waals surface area contributed by atoms with Gasteiger partial charge in [-0.2, -0.15) is 5.10 Å². The molecule has 1 aromatic heterocycles. The van der Waals surface area contributed by atoms with Crippen LogP contribution in [0.1, 0.15) is 60.4 Å². The van der Waals surface area contributed by atoms with Crippen LogP contribution < -0.4 is 5.32 Å². The van der Waals surface area contributed by atoms with Gasteiger partial charge in [0.1, 0.15) is 0 Å². The van der Waals surface area contributed by atoms with Crippen molar-refractivity contribution in [1.29, 1.82) is 0 Å². The van der Waals surface area contributed by atoms with Gasteiger partial charge < -0.3 is 10.4 Å². The minimum Gasteiger partial charge on any atom is -0.479 e. The van der Waals surface area contributed by atoms with Gasteiger partial charge in [-0.3, -0.25) is 9.48 Å². The maximum Gasteiger partial charge on any atom is 0.330 e. The lowest BCUT2D eigenvalue weighted by molar-refractivity contribution is -0.139. The molecular formula is C18H23N3O3. The fraction of sp³-hybridized carbons (Fsp3) is 0.389. The zero-order chi connectivity index (χ0) is 17.7. The average molecular weight is 329 g/mol. The number of nitrogens with zero attached hydrogens (tertiary/aromatic N) is 2. The Bertz CT molecular complexity index is 706. The van der Waals surface area contributed by atoms with Crippen LogP contribution in [0.25, 0.3) is 0 Å². The molecule has 0 bridgehead atoms. The van der Waals surface area contributed by atoms with E-state index in [2.05, 4.69) is 24.3 Å². The Kier molecular flexibility index (Phi) is 5.73. The van der Waals surface area contributed by atoms with Crippen LogP contribution in [-0.2, 0) is 4.79 Å². The molecule has 0 saturated heterocycles. The zero-order valence-corrected chi connectivity index (χ0v) is 14.2. The van der Waals surface area contributed by atoms with Crippen molar-refractivity contribution in [3.63, 3.8) is 0 Å². The van der Waals surface area contributed by atoms with Gasteiger partial charge in [0.25, 0.3) is 5.91 Å². The van der Waals surface area contributed by atoms with E-state index in [1.54, 1.807) is 30.3 Å². The second-order valence-corrected chi connectivity index (χ2v) is 5.71. The summed E-state index contributed by atoms with van der Waals surface area (Å²) in [7, 11) is 0. The molecule has 0 spiro atoms. The number of hydrogen-bond acceptors (Lipinski definition) is 3. The van der Waals surface area contributed by atoms with Crippen molar-refractivity contribution in [2.24, 2.45) is 0 Å². The van der Waals surface area contributed by atoms with Crippen molar-refractivity contribution in [1.82, 2.24) is 15.1 Å². The first-order valence-electron chi connectivity index (χ1n) is 8.12. The molecule has 0 saturated carbocycles. The number of aliphatic carboxylic acids is 1. The second-order valence-electron chi connectivity index (χ2n) is 5.71. The Morgan fingerprint density at radius 3 is 2.38 bits per heavy atom. The number of carboxylic acid groups (broad SMARTS) is 1. The molecule has 128 valence electrons. The molecule has 1 amide bonds. The summed E-state index contributed by atoms with van der Waals surface area (Å²) in [6.07, 6.45) is 3.34. The smallest absolute Gasteiger partial charge is 0.330 e. The predicted molar refractivity (Wildman–Crippen MR) is 90.9 cm³/mol. The number of carboxylic acids is 1. The highest BCUT2D eigenvalue weighted by Gasteiger charge is 2.25. The van der Waals surface area contributed by atoms with Crippen LogP contribution >= 0.6 is 0 Å². The molecule has 0 unspecified atom stereocenters. The first-order chi connectivity index (χ1) is 11.5. The summed E-state index contributed by atoms with van der Waals surface area (Å²) in [5.74, 6) is -1.53. The van der Waals surface area contributed by atoms with Crippen LogP contribution in [-0.4, -0.2) is 26.8 Å². The second kappa shape index (κ2) is 7.77. The van der Waals surface area contributed by atoms with Crippen molar-refractivity contribution < 1.29 is 14.7 Å². The normalized spacial score (nSPS) is 12.2. The van der Waals surface area contributed by atoms with Gasteiger partial charge in [0.15, 0.2) is 6.04 Å². The monoisotopic (exact) mass is 329 g/mol. The van der Waals surface area contributed by atoms with Gasteiger partial charge in [-0.25, -0.2) is 4.79 Å². The van der Waals surface area contributed by atoms with E-state index in [9.17, 15) is 14.7 Å². The van der Waals surface area contributed by atoms with Gasteiger partial charge in [0, 0.05) is 5.69 Å². The van der Waals surface area contributed by atoms with Crippen LogP contribution in [0.5, 0.6) is 0 Å². The molecule has 24 heavy (non-hydrogen) atoms. The van der Waals surface area contributed by atoms with E-state index in [0.29, 0.717) is 11.1 Å². The third-order valence-electron chi connectivity index (χ3n) is 4.23. The van der Waals surface area contributed by atoms with E-state index in [0.717, 1.165) is 18.5 Å². The lowest BCUT2D eigenvalue weighted by Gasteiger charge is -2.17. The SMILES string of the molecule is CCC(CC)n1ncc(C(=O)N[C@@H](C(=O)O)c2ccccc2)c1C. The summed E-state index contributed by atoms with van der Waals surface area (Å²) in [4.78, 5) is 24.1. The van der Waals surface area contributed by atoms with Crippen molar-refractivity contribution >= 4 is 11.9 Å². The third kappa shape index (κ3) is 3.64. The molecule has 0 aliphatic carbocycles. The van der Waals surface area contributed by atoms with E-state index >= 15 is 0 Å². The molecule has 1 aromatic carbocycles. The summed E-state index contributed by atoms with van der Waals surface area (Å²) >= 11 is 0. The minimum absolute atomic E-state index is 0.232. The Hall–Kier alpha value is -2.63.